The zero-order valence-electron chi connectivity index (χ0n) is 12.5. The number of benzene rings is 2. The third-order valence-electron chi connectivity index (χ3n) is 3.93. The monoisotopic (exact) mass is 357 g/mol. The van der Waals surface area contributed by atoms with Crippen molar-refractivity contribution in [3.05, 3.63) is 76.8 Å². The first-order chi connectivity index (χ1) is 10.8. The van der Waals surface area contributed by atoms with Gasteiger partial charge in [-0.2, -0.15) is 0 Å². The van der Waals surface area contributed by atoms with Crippen molar-refractivity contribution >= 4 is 15.9 Å². The fraction of sp³-hybridized carbons (Fsp3) is 0.263. The third kappa shape index (κ3) is 3.99. The van der Waals surface area contributed by atoms with Gasteiger partial charge in [-0.25, -0.2) is 0 Å². The van der Waals surface area contributed by atoms with Crippen molar-refractivity contribution in [1.82, 2.24) is 4.90 Å². The van der Waals surface area contributed by atoms with Crippen LogP contribution in [0.25, 0.3) is 0 Å². The molecule has 0 bridgehead atoms. The van der Waals surface area contributed by atoms with Crippen molar-refractivity contribution in [2.45, 2.75) is 19.0 Å². The fourth-order valence-corrected chi connectivity index (χ4v) is 3.09. The molecule has 114 valence electrons. The van der Waals surface area contributed by atoms with Crippen LogP contribution >= 0.6 is 15.9 Å². The topological polar surface area (TPSA) is 12.5 Å². The van der Waals surface area contributed by atoms with Crippen LogP contribution in [0.2, 0.25) is 0 Å². The van der Waals surface area contributed by atoms with Crippen LogP contribution in [-0.4, -0.2) is 24.1 Å². The van der Waals surface area contributed by atoms with E-state index >= 15 is 0 Å². The molecule has 2 aromatic rings. The van der Waals surface area contributed by atoms with E-state index in [1.165, 1.54) is 5.56 Å². The van der Waals surface area contributed by atoms with Crippen LogP contribution in [0.3, 0.4) is 0 Å². The van der Waals surface area contributed by atoms with Gasteiger partial charge >= 0.3 is 0 Å². The standard InChI is InChI=1S/C19H20BrNO/c20-18-11-4-5-12-19(18)22-15-17-10-6-7-13-21(17)14-16-8-2-1-3-9-16/h1-9,11-12,17H,10,13-15H2. The zero-order chi connectivity index (χ0) is 15.2. The maximum absolute atomic E-state index is 6.02. The molecular weight excluding hydrogens is 338 g/mol. The van der Waals surface area contributed by atoms with Gasteiger partial charge in [0.2, 0.25) is 0 Å². The van der Waals surface area contributed by atoms with E-state index in [1.54, 1.807) is 0 Å². The van der Waals surface area contributed by atoms with Gasteiger partial charge in [-0.1, -0.05) is 54.6 Å². The Labute approximate surface area is 140 Å². The van der Waals surface area contributed by atoms with E-state index in [-0.39, 0.29) is 0 Å². The van der Waals surface area contributed by atoms with Gasteiger partial charge in [0.15, 0.2) is 0 Å². The van der Waals surface area contributed by atoms with Gasteiger partial charge < -0.3 is 4.74 Å². The molecule has 1 unspecified atom stereocenters. The lowest BCUT2D eigenvalue weighted by atomic mass is 10.1. The third-order valence-corrected chi connectivity index (χ3v) is 4.58. The van der Waals surface area contributed by atoms with Crippen molar-refractivity contribution < 1.29 is 4.74 Å². The van der Waals surface area contributed by atoms with E-state index in [9.17, 15) is 0 Å². The number of halogens is 1. The van der Waals surface area contributed by atoms with Crippen molar-refractivity contribution in [1.29, 1.82) is 0 Å². The van der Waals surface area contributed by atoms with Crippen LogP contribution in [0.15, 0.2) is 71.2 Å². The second kappa shape index (κ2) is 7.61. The predicted octanol–water partition coefficient (Wildman–Crippen LogP) is 4.66. The summed E-state index contributed by atoms with van der Waals surface area (Å²) in [5.41, 5.74) is 1.35. The Bertz CT molecular complexity index is 626. The molecule has 0 radical (unpaired) electrons. The van der Waals surface area contributed by atoms with Gasteiger partial charge in [-0.15, -0.1) is 0 Å². The van der Waals surface area contributed by atoms with E-state index in [0.29, 0.717) is 12.6 Å². The highest BCUT2D eigenvalue weighted by Gasteiger charge is 2.20. The minimum Gasteiger partial charge on any atom is -0.491 e. The molecule has 0 aromatic heterocycles. The molecule has 2 aromatic carbocycles. The maximum atomic E-state index is 6.02. The average molecular weight is 358 g/mol. The van der Waals surface area contributed by atoms with Crippen LogP contribution in [0.1, 0.15) is 12.0 Å². The second-order valence-electron chi connectivity index (χ2n) is 5.52. The van der Waals surface area contributed by atoms with Gasteiger partial charge in [0.1, 0.15) is 12.4 Å². The quantitative estimate of drug-likeness (QED) is 0.721. The molecule has 0 saturated heterocycles. The van der Waals surface area contributed by atoms with Crippen molar-refractivity contribution in [3.63, 3.8) is 0 Å². The summed E-state index contributed by atoms with van der Waals surface area (Å²) in [7, 11) is 0. The number of ether oxygens (including phenoxy) is 1. The molecule has 1 aliphatic rings. The molecule has 1 heterocycles. The first-order valence-electron chi connectivity index (χ1n) is 7.63. The van der Waals surface area contributed by atoms with Crippen LogP contribution in [0.5, 0.6) is 5.75 Å². The molecule has 0 spiro atoms. The first-order valence-corrected chi connectivity index (χ1v) is 8.42. The summed E-state index contributed by atoms with van der Waals surface area (Å²) in [5, 5.41) is 0. The number of para-hydroxylation sites is 1. The van der Waals surface area contributed by atoms with Gasteiger partial charge in [-0.3, -0.25) is 4.90 Å². The zero-order valence-corrected chi connectivity index (χ0v) is 14.1. The minimum absolute atomic E-state index is 0.414. The Kier molecular flexibility index (Phi) is 5.30. The molecule has 3 rings (SSSR count). The smallest absolute Gasteiger partial charge is 0.133 e. The van der Waals surface area contributed by atoms with Gasteiger partial charge in [0.25, 0.3) is 0 Å². The molecule has 0 amide bonds. The molecule has 0 saturated carbocycles. The Morgan fingerprint density at radius 2 is 1.77 bits per heavy atom. The number of hydrogen-bond donors (Lipinski definition) is 0. The summed E-state index contributed by atoms with van der Waals surface area (Å²) >= 11 is 3.54. The number of rotatable bonds is 5. The molecular formula is C19H20BrNO. The lowest BCUT2D eigenvalue weighted by Crippen LogP contribution is -2.40. The van der Waals surface area contributed by atoms with E-state index in [4.69, 9.17) is 4.74 Å². The predicted molar refractivity (Wildman–Crippen MR) is 94.0 cm³/mol. The molecule has 3 heteroatoms. The Morgan fingerprint density at radius 1 is 1.00 bits per heavy atom. The Morgan fingerprint density at radius 3 is 2.59 bits per heavy atom. The minimum atomic E-state index is 0.414. The lowest BCUT2D eigenvalue weighted by Gasteiger charge is -2.32. The van der Waals surface area contributed by atoms with Gasteiger partial charge in [0, 0.05) is 19.1 Å². The van der Waals surface area contributed by atoms with Crippen molar-refractivity contribution in [2.24, 2.45) is 0 Å². The molecule has 0 fully saturated rings. The maximum Gasteiger partial charge on any atom is 0.133 e. The molecule has 0 aliphatic carbocycles. The summed E-state index contributed by atoms with van der Waals surface area (Å²) in [6.07, 6.45) is 5.55. The van der Waals surface area contributed by atoms with Crippen LogP contribution in [0.4, 0.5) is 0 Å². The number of nitrogens with zero attached hydrogens (tertiary/aromatic N) is 1. The molecule has 2 nitrogen and oxygen atoms in total. The number of hydrogen-bond acceptors (Lipinski definition) is 2. The summed E-state index contributed by atoms with van der Waals surface area (Å²) < 4.78 is 7.03. The van der Waals surface area contributed by atoms with Crippen molar-refractivity contribution in [3.8, 4) is 5.75 Å². The molecule has 1 aliphatic heterocycles. The fourth-order valence-electron chi connectivity index (χ4n) is 2.69. The highest BCUT2D eigenvalue weighted by Crippen LogP contribution is 2.25. The van der Waals surface area contributed by atoms with Gasteiger partial charge in [0.05, 0.1) is 4.47 Å². The molecule has 1 atom stereocenters. The van der Waals surface area contributed by atoms with E-state index in [0.717, 1.165) is 29.7 Å². The summed E-state index contributed by atoms with van der Waals surface area (Å²) in [6, 6.07) is 19.1. The van der Waals surface area contributed by atoms with Gasteiger partial charge in [-0.05, 0) is 40.0 Å². The summed E-state index contributed by atoms with van der Waals surface area (Å²) in [5.74, 6) is 0.914. The van der Waals surface area contributed by atoms with Crippen LogP contribution in [0, 0.1) is 0 Å². The van der Waals surface area contributed by atoms with Crippen molar-refractivity contribution in [2.75, 3.05) is 13.2 Å². The van der Waals surface area contributed by atoms with E-state index in [1.807, 2.05) is 24.3 Å². The van der Waals surface area contributed by atoms with E-state index in [2.05, 4.69) is 63.3 Å². The second-order valence-corrected chi connectivity index (χ2v) is 6.37. The Hall–Kier alpha value is -1.58. The molecule has 0 N–H and O–H groups in total. The SMILES string of the molecule is Brc1ccccc1OCC1CC=CCN1Cc1ccccc1. The summed E-state index contributed by atoms with van der Waals surface area (Å²) in [4.78, 5) is 2.48. The summed E-state index contributed by atoms with van der Waals surface area (Å²) in [6.45, 7) is 2.66. The highest BCUT2D eigenvalue weighted by atomic mass is 79.9. The van der Waals surface area contributed by atoms with E-state index < -0.39 is 0 Å². The molecule has 22 heavy (non-hydrogen) atoms. The highest BCUT2D eigenvalue weighted by molar-refractivity contribution is 9.10. The average Bonchev–Trinajstić information content (AvgIpc) is 2.56. The normalized spacial score (nSPS) is 18.3. The largest absolute Gasteiger partial charge is 0.491 e. The first kappa shape index (κ1) is 15.3. The lowest BCUT2D eigenvalue weighted by molar-refractivity contribution is 0.134. The Balaban J connectivity index is 1.63. The van der Waals surface area contributed by atoms with Crippen LogP contribution < -0.4 is 4.74 Å². The van der Waals surface area contributed by atoms with Crippen LogP contribution in [-0.2, 0) is 6.54 Å².